The van der Waals surface area contributed by atoms with E-state index in [0.717, 1.165) is 42.3 Å². The van der Waals surface area contributed by atoms with Gasteiger partial charge in [0.25, 0.3) is 5.91 Å². The predicted molar refractivity (Wildman–Crippen MR) is 129 cm³/mol. The van der Waals surface area contributed by atoms with Gasteiger partial charge in [0.1, 0.15) is 6.61 Å². The van der Waals surface area contributed by atoms with E-state index in [-0.39, 0.29) is 12.5 Å². The van der Waals surface area contributed by atoms with Crippen LogP contribution in [0.3, 0.4) is 0 Å². The smallest absolute Gasteiger partial charge is 0.284 e. The lowest BCUT2D eigenvalue weighted by atomic mass is 10.1. The monoisotopic (exact) mass is 431 g/mol. The molecule has 166 valence electrons. The molecule has 1 aliphatic rings. The lowest BCUT2D eigenvalue weighted by Crippen LogP contribution is -2.42. The summed E-state index contributed by atoms with van der Waals surface area (Å²) >= 11 is 0. The van der Waals surface area contributed by atoms with Crippen molar-refractivity contribution in [2.75, 3.05) is 24.6 Å². The Morgan fingerprint density at radius 1 is 1.03 bits per heavy atom. The van der Waals surface area contributed by atoms with Gasteiger partial charge in [-0.05, 0) is 53.4 Å². The minimum atomic E-state index is -0.750. The fraction of sp³-hybridized carbons (Fsp3) is 0.308. The number of hydrogen-bond acceptors (Lipinski definition) is 5. The van der Waals surface area contributed by atoms with Crippen molar-refractivity contribution < 1.29 is 14.3 Å². The standard InChI is InChI=1S/C26H29N3O3/c1-3-13-29(14-4-2)22-11-9-19(10-12-22)17-27-28-26(30)25-18-31-23-15-20-7-5-6-8-21(20)16-24(23)32-25/h5-12,15-17,25H,3-4,13-14,18H2,1-2H3,(H,28,30)/t25-/m1/s1. The van der Waals surface area contributed by atoms with E-state index in [0.29, 0.717) is 11.5 Å². The highest BCUT2D eigenvalue weighted by Gasteiger charge is 2.27. The van der Waals surface area contributed by atoms with E-state index in [1.54, 1.807) is 6.21 Å². The van der Waals surface area contributed by atoms with Gasteiger partial charge >= 0.3 is 0 Å². The lowest BCUT2D eigenvalue weighted by Gasteiger charge is -2.25. The molecule has 0 aromatic heterocycles. The molecule has 1 atom stereocenters. The molecule has 0 spiro atoms. The molecule has 1 N–H and O–H groups in total. The van der Waals surface area contributed by atoms with Gasteiger partial charge in [0, 0.05) is 18.8 Å². The highest BCUT2D eigenvalue weighted by molar-refractivity contribution is 5.88. The largest absolute Gasteiger partial charge is 0.485 e. The summed E-state index contributed by atoms with van der Waals surface area (Å²) in [6.45, 7) is 6.61. The van der Waals surface area contributed by atoms with E-state index in [1.807, 2.05) is 48.5 Å². The zero-order valence-electron chi connectivity index (χ0n) is 18.6. The first-order valence-corrected chi connectivity index (χ1v) is 11.2. The van der Waals surface area contributed by atoms with Crippen molar-refractivity contribution >= 4 is 28.6 Å². The number of nitrogens with one attached hydrogen (secondary N) is 1. The third-order valence-electron chi connectivity index (χ3n) is 5.40. The topological polar surface area (TPSA) is 63.2 Å². The second-order valence-electron chi connectivity index (χ2n) is 7.88. The van der Waals surface area contributed by atoms with Gasteiger partial charge in [-0.2, -0.15) is 5.10 Å². The number of benzene rings is 3. The van der Waals surface area contributed by atoms with E-state index in [1.165, 1.54) is 5.69 Å². The Morgan fingerprint density at radius 2 is 1.69 bits per heavy atom. The molecule has 0 unspecified atom stereocenters. The van der Waals surface area contributed by atoms with E-state index in [2.05, 4.69) is 41.4 Å². The number of ether oxygens (including phenoxy) is 2. The Labute approximate surface area is 188 Å². The molecular weight excluding hydrogens is 402 g/mol. The average molecular weight is 432 g/mol. The summed E-state index contributed by atoms with van der Waals surface area (Å²) in [5.41, 5.74) is 4.68. The average Bonchev–Trinajstić information content (AvgIpc) is 2.82. The number of hydrazone groups is 1. The number of carbonyl (C=O) groups excluding carboxylic acids is 1. The molecule has 0 saturated heterocycles. The Kier molecular flexibility index (Phi) is 6.90. The van der Waals surface area contributed by atoms with Crippen LogP contribution in [0.5, 0.6) is 11.5 Å². The highest BCUT2D eigenvalue weighted by atomic mass is 16.6. The molecule has 6 nitrogen and oxygen atoms in total. The minimum Gasteiger partial charge on any atom is -0.485 e. The molecule has 1 amide bonds. The van der Waals surface area contributed by atoms with Gasteiger partial charge in [0.15, 0.2) is 11.5 Å². The Morgan fingerprint density at radius 3 is 2.34 bits per heavy atom. The van der Waals surface area contributed by atoms with Crippen LogP contribution in [0.1, 0.15) is 32.3 Å². The maximum absolute atomic E-state index is 12.5. The number of amides is 1. The zero-order valence-corrected chi connectivity index (χ0v) is 18.6. The number of nitrogens with zero attached hydrogens (tertiary/aromatic N) is 2. The molecule has 32 heavy (non-hydrogen) atoms. The van der Waals surface area contributed by atoms with Crippen molar-refractivity contribution in [3.8, 4) is 11.5 Å². The van der Waals surface area contributed by atoms with Crippen molar-refractivity contribution in [1.82, 2.24) is 5.43 Å². The Hall–Kier alpha value is -3.54. The number of rotatable bonds is 8. The first kappa shape index (κ1) is 21.7. The van der Waals surface area contributed by atoms with Gasteiger partial charge in [0.2, 0.25) is 6.10 Å². The van der Waals surface area contributed by atoms with Crippen molar-refractivity contribution in [2.24, 2.45) is 5.10 Å². The van der Waals surface area contributed by atoms with Crippen LogP contribution in [0.25, 0.3) is 10.8 Å². The second-order valence-corrected chi connectivity index (χ2v) is 7.88. The predicted octanol–water partition coefficient (Wildman–Crippen LogP) is 4.76. The summed E-state index contributed by atoms with van der Waals surface area (Å²) in [4.78, 5) is 14.9. The fourth-order valence-corrected chi connectivity index (χ4v) is 3.81. The summed E-state index contributed by atoms with van der Waals surface area (Å²) in [6, 6.07) is 20.0. The summed E-state index contributed by atoms with van der Waals surface area (Å²) in [6.07, 6.45) is 3.11. The number of carbonyl (C=O) groups is 1. The Bertz CT molecular complexity index is 1090. The quantitative estimate of drug-likeness (QED) is 0.413. The molecule has 6 heteroatoms. The molecule has 1 aliphatic heterocycles. The van der Waals surface area contributed by atoms with Crippen LogP contribution < -0.4 is 19.8 Å². The van der Waals surface area contributed by atoms with Gasteiger partial charge in [-0.3, -0.25) is 4.79 Å². The first-order chi connectivity index (χ1) is 15.7. The molecule has 3 aromatic rings. The van der Waals surface area contributed by atoms with E-state index >= 15 is 0 Å². The van der Waals surface area contributed by atoms with E-state index < -0.39 is 6.10 Å². The second kappa shape index (κ2) is 10.2. The highest BCUT2D eigenvalue weighted by Crippen LogP contribution is 2.35. The van der Waals surface area contributed by atoms with Gasteiger partial charge in [-0.1, -0.05) is 50.2 Å². The maximum Gasteiger partial charge on any atom is 0.284 e. The molecule has 3 aromatic carbocycles. The van der Waals surface area contributed by atoms with Crippen LogP contribution in [0.2, 0.25) is 0 Å². The lowest BCUT2D eigenvalue weighted by molar-refractivity contribution is -0.130. The number of anilines is 1. The molecule has 0 radical (unpaired) electrons. The summed E-state index contributed by atoms with van der Waals surface area (Å²) < 4.78 is 11.6. The van der Waals surface area contributed by atoms with Gasteiger partial charge < -0.3 is 14.4 Å². The van der Waals surface area contributed by atoms with Crippen LogP contribution in [0, 0.1) is 0 Å². The van der Waals surface area contributed by atoms with Crippen LogP contribution >= 0.6 is 0 Å². The molecule has 0 bridgehead atoms. The summed E-state index contributed by atoms with van der Waals surface area (Å²) in [7, 11) is 0. The maximum atomic E-state index is 12.5. The SMILES string of the molecule is CCCN(CCC)c1ccc(C=NNC(=O)[C@H]2COc3cc4ccccc4cc3O2)cc1. The van der Waals surface area contributed by atoms with Crippen molar-refractivity contribution in [3.63, 3.8) is 0 Å². The molecule has 0 saturated carbocycles. The van der Waals surface area contributed by atoms with Crippen LogP contribution in [-0.2, 0) is 4.79 Å². The fourth-order valence-electron chi connectivity index (χ4n) is 3.81. The van der Waals surface area contributed by atoms with Crippen LogP contribution in [-0.4, -0.2) is 37.9 Å². The van der Waals surface area contributed by atoms with Gasteiger partial charge in [0.05, 0.1) is 6.21 Å². The van der Waals surface area contributed by atoms with Crippen LogP contribution in [0.4, 0.5) is 5.69 Å². The minimum absolute atomic E-state index is 0.145. The number of hydrogen-bond donors (Lipinski definition) is 1. The Balaban J connectivity index is 1.35. The van der Waals surface area contributed by atoms with Crippen molar-refractivity contribution in [3.05, 3.63) is 66.2 Å². The molecule has 4 rings (SSSR count). The third-order valence-corrected chi connectivity index (χ3v) is 5.40. The zero-order chi connectivity index (χ0) is 22.3. The summed E-state index contributed by atoms with van der Waals surface area (Å²) in [5, 5.41) is 6.20. The van der Waals surface area contributed by atoms with E-state index in [4.69, 9.17) is 9.47 Å². The van der Waals surface area contributed by atoms with Crippen molar-refractivity contribution in [1.29, 1.82) is 0 Å². The first-order valence-electron chi connectivity index (χ1n) is 11.2. The normalized spacial score (nSPS) is 15.1. The molecule has 0 fully saturated rings. The molecule has 1 heterocycles. The number of fused-ring (bicyclic) bond motifs is 2. The van der Waals surface area contributed by atoms with Crippen molar-refractivity contribution in [2.45, 2.75) is 32.8 Å². The van der Waals surface area contributed by atoms with Crippen LogP contribution in [0.15, 0.2) is 65.8 Å². The summed E-state index contributed by atoms with van der Waals surface area (Å²) in [5.74, 6) is 0.878. The third kappa shape index (κ3) is 5.02. The molecular formula is C26H29N3O3. The molecule has 0 aliphatic carbocycles. The van der Waals surface area contributed by atoms with E-state index in [9.17, 15) is 4.79 Å². The van der Waals surface area contributed by atoms with Gasteiger partial charge in [-0.15, -0.1) is 0 Å². The van der Waals surface area contributed by atoms with Gasteiger partial charge in [-0.25, -0.2) is 5.43 Å².